The molecule has 3 atom stereocenters. The van der Waals surface area contributed by atoms with E-state index in [-0.39, 0.29) is 192 Å². The highest BCUT2D eigenvalue weighted by Gasteiger charge is 2.30. The zero-order valence-corrected chi connectivity index (χ0v) is 79.1. The molecule has 8 aliphatic heterocycles. The first-order chi connectivity index (χ1) is 65.2. The first kappa shape index (κ1) is 106. The van der Waals surface area contributed by atoms with Crippen molar-refractivity contribution in [2.24, 2.45) is 38.4 Å². The van der Waals surface area contributed by atoms with Crippen LogP contribution in [0.5, 0.6) is 46.0 Å². The molecule has 4 fully saturated rings. The molecule has 0 spiro atoms. The molecule has 135 heavy (non-hydrogen) atoms. The monoisotopic (exact) mass is 1910 g/mol. The van der Waals surface area contributed by atoms with Gasteiger partial charge in [-0.1, -0.05) is 131 Å². The normalized spacial score (nSPS) is 22.5. The second-order valence-electron chi connectivity index (χ2n) is 34.4. The molecule has 32 nitrogen and oxygen atoms in total. The molecule has 0 aliphatic carbocycles. The third-order valence-electron chi connectivity index (χ3n) is 23.3. The summed E-state index contributed by atoms with van der Waals surface area (Å²) in [6.45, 7) is 12.1. The predicted molar refractivity (Wildman–Crippen MR) is 512 cm³/mol. The van der Waals surface area contributed by atoms with Crippen molar-refractivity contribution < 1.29 is 118 Å². The van der Waals surface area contributed by atoms with Gasteiger partial charge in [-0.3, -0.25) is 19.2 Å². The number of fused-ring (bicyclic) bond motifs is 4. The third-order valence-corrected chi connectivity index (χ3v) is 24.1. The predicted octanol–water partition coefficient (Wildman–Crippen LogP) is 17.0. The second-order valence-corrected chi connectivity index (χ2v) is 35.2. The minimum atomic E-state index is -0.740. The molecule has 4 aromatic rings. The molecule has 8 N–H and O–H groups in total. The number of hydrogen-bond acceptors (Lipinski definition) is 28. The zero-order valence-electron chi connectivity index (χ0n) is 77.5. The number of likely N-dealkylation sites (tertiary alicyclic amines) is 4. The first-order valence-electron chi connectivity index (χ1n) is 47.0. The van der Waals surface area contributed by atoms with Crippen LogP contribution in [0.3, 0.4) is 0 Å². The number of oxime groups is 4. The lowest BCUT2D eigenvalue weighted by Crippen LogP contribution is -2.37. The lowest BCUT2D eigenvalue weighted by molar-refractivity contribution is -0.137. The third kappa shape index (κ3) is 36.1. The maximum absolute atomic E-state index is 12.8. The first-order valence-corrected chi connectivity index (χ1v) is 47.7. The lowest BCUT2D eigenvalue weighted by atomic mass is 9.98. The number of piperidine rings is 4. The Morgan fingerprint density at radius 3 is 1.04 bits per heavy atom. The summed E-state index contributed by atoms with van der Waals surface area (Å²) < 4.78 is 21.3. The number of carbonyl (C=O) groups is 8. The van der Waals surface area contributed by atoms with Crippen LogP contribution in [0.4, 0.5) is 0 Å². The number of allylic oxidation sites excluding steroid dienone is 13. The Balaban J connectivity index is 0.000000202. The van der Waals surface area contributed by atoms with Crippen molar-refractivity contribution in [3.05, 3.63) is 176 Å². The highest BCUT2D eigenvalue weighted by atomic mass is 35.5. The van der Waals surface area contributed by atoms with Crippen LogP contribution in [0.1, 0.15) is 245 Å². The van der Waals surface area contributed by atoms with Crippen LogP contribution < -0.4 is 0 Å². The summed E-state index contributed by atoms with van der Waals surface area (Å²) in [5.74, 6) is -5.04. The number of esters is 4. The van der Waals surface area contributed by atoms with Gasteiger partial charge in [-0.05, 0) is 231 Å². The highest BCUT2D eigenvalue weighted by molar-refractivity contribution is 6.34. The van der Waals surface area contributed by atoms with Crippen LogP contribution in [-0.4, -0.2) is 236 Å². The summed E-state index contributed by atoms with van der Waals surface area (Å²) in [5.41, 5.74) is 2.68. The van der Waals surface area contributed by atoms with Crippen molar-refractivity contribution in [2.75, 3.05) is 105 Å². The van der Waals surface area contributed by atoms with E-state index in [0.717, 1.165) is 185 Å². The maximum Gasteiger partial charge on any atom is 0.342 e. The zero-order chi connectivity index (χ0) is 96.8. The Kier molecular flexibility index (Phi) is 45.2. The fourth-order valence-corrected chi connectivity index (χ4v) is 16.4. The molecule has 0 saturated carbocycles. The number of benzene rings is 4. The van der Waals surface area contributed by atoms with E-state index in [1.54, 1.807) is 43.9 Å². The van der Waals surface area contributed by atoms with Crippen molar-refractivity contribution in [2.45, 2.75) is 207 Å². The molecule has 34 heteroatoms. The van der Waals surface area contributed by atoms with Gasteiger partial charge in [0, 0.05) is 102 Å². The van der Waals surface area contributed by atoms with Crippen LogP contribution in [0.15, 0.2) is 142 Å². The number of cyclic esters (lactones) is 4. The Hall–Kier alpha value is -12.3. The van der Waals surface area contributed by atoms with Crippen molar-refractivity contribution in [1.29, 1.82) is 0 Å². The summed E-state index contributed by atoms with van der Waals surface area (Å²) in [5, 5.41) is 98.2. The summed E-state index contributed by atoms with van der Waals surface area (Å²) in [4.78, 5) is 129. The summed E-state index contributed by atoms with van der Waals surface area (Å²) in [7, 11) is 0. The van der Waals surface area contributed by atoms with Gasteiger partial charge in [0.25, 0.3) is 23.6 Å². The summed E-state index contributed by atoms with van der Waals surface area (Å²) in [6.07, 6.45) is 49.7. The van der Waals surface area contributed by atoms with Gasteiger partial charge in [-0.15, -0.1) is 0 Å². The number of aromatic hydroxyl groups is 8. The number of amides is 4. The Morgan fingerprint density at radius 1 is 0.348 bits per heavy atom. The van der Waals surface area contributed by atoms with E-state index >= 15 is 0 Å². The number of nitrogens with zero attached hydrogens (tertiary/aromatic N) is 8. The van der Waals surface area contributed by atoms with Crippen LogP contribution in [0, 0.1) is 17.8 Å². The van der Waals surface area contributed by atoms with Gasteiger partial charge in [0.15, 0.2) is 26.4 Å². The second kappa shape index (κ2) is 57.4. The molecule has 732 valence electrons. The van der Waals surface area contributed by atoms with E-state index in [4.69, 9.17) is 61.5 Å². The van der Waals surface area contributed by atoms with Crippen LogP contribution in [0.2, 0.25) is 10.0 Å². The topological polar surface area (TPSA) is 435 Å². The van der Waals surface area contributed by atoms with E-state index < -0.39 is 35.4 Å². The number of halogens is 2. The van der Waals surface area contributed by atoms with Crippen molar-refractivity contribution in [1.82, 2.24) is 19.6 Å². The van der Waals surface area contributed by atoms with Gasteiger partial charge in [0.05, 0.1) is 52.7 Å². The molecule has 3 unspecified atom stereocenters. The van der Waals surface area contributed by atoms with E-state index in [1.807, 2.05) is 24.3 Å². The number of carbonyl (C=O) groups excluding carboxylic acids is 8. The number of phenolic OH excluding ortho intramolecular Hbond substituents is 8. The van der Waals surface area contributed by atoms with Gasteiger partial charge in [-0.2, -0.15) is 0 Å². The summed E-state index contributed by atoms with van der Waals surface area (Å²) in [6, 6.07) is 7.07. The fraction of sp³-hybridized carbons (Fsp3) is 0.505. The SMILES string of the molecule is CC1/C=C/CCCOC(=O)c2c(O)cc(O)c(Cl)c2CC(=N/OCC(=O)N2CCCCC2)/C=C/C1.CC1/C=C/CCCOC(=O)c2c(O)cc(O)c(Cl)c2CC(=N\OCC(=O)N2CCCCC2)/C=C/C1.CC1/C=C/CCCOC(=O)c2c(O)cc(O)cc2CC(=N\OCC(=O)N2CCCCC2)/C=C/C1.O=C1OC/C=C/CCCC/C(=N\OCC(=O)N2CCCCC2)Cc2cc(O)cc(O)c21. The molecular weight excluding hydrogens is 1780 g/mol. The van der Waals surface area contributed by atoms with E-state index in [2.05, 4.69) is 77.9 Å². The molecular formula is C101H130Cl2N8O24. The summed E-state index contributed by atoms with van der Waals surface area (Å²) >= 11 is 12.7. The van der Waals surface area contributed by atoms with Crippen LogP contribution in [-0.2, 0) is 83.2 Å². The smallest absolute Gasteiger partial charge is 0.342 e. The van der Waals surface area contributed by atoms with E-state index in [9.17, 15) is 79.2 Å². The minimum absolute atomic E-state index is 0.00235. The molecule has 8 heterocycles. The average Bonchev–Trinajstić information content (AvgIpc) is 0.955. The molecule has 0 radical (unpaired) electrons. The van der Waals surface area contributed by atoms with Gasteiger partial charge < -0.3 is 98.7 Å². The van der Waals surface area contributed by atoms with Gasteiger partial charge in [-0.25, -0.2) is 19.2 Å². The Labute approximate surface area is 798 Å². The van der Waals surface area contributed by atoms with Crippen molar-refractivity contribution in [3.8, 4) is 46.0 Å². The van der Waals surface area contributed by atoms with Crippen LogP contribution in [0.25, 0.3) is 0 Å². The molecule has 4 saturated heterocycles. The van der Waals surface area contributed by atoms with Crippen molar-refractivity contribution in [3.63, 3.8) is 0 Å². The lowest BCUT2D eigenvalue weighted by Gasteiger charge is -2.26. The average molecular weight is 1910 g/mol. The van der Waals surface area contributed by atoms with E-state index in [0.29, 0.717) is 91.8 Å². The molecule has 4 amide bonds. The van der Waals surface area contributed by atoms with Gasteiger partial charge in [0.2, 0.25) is 0 Å². The number of rotatable bonds is 12. The number of ether oxygens (including phenoxy) is 4. The number of hydrogen-bond donors (Lipinski definition) is 8. The molecule has 0 aromatic heterocycles. The van der Waals surface area contributed by atoms with Crippen molar-refractivity contribution >= 4 is 93.6 Å². The van der Waals surface area contributed by atoms with Gasteiger partial charge in [0.1, 0.15) is 74.9 Å². The fourth-order valence-electron chi connectivity index (χ4n) is 15.9. The van der Waals surface area contributed by atoms with Crippen LogP contribution >= 0.6 is 23.2 Å². The largest absolute Gasteiger partial charge is 0.508 e. The van der Waals surface area contributed by atoms with E-state index in [1.165, 1.54) is 12.1 Å². The molecule has 12 rings (SSSR count). The molecule has 4 aromatic carbocycles. The minimum Gasteiger partial charge on any atom is -0.508 e. The maximum atomic E-state index is 12.8. The Bertz CT molecular complexity index is 4850. The number of phenols is 8. The van der Waals surface area contributed by atoms with Gasteiger partial charge >= 0.3 is 23.9 Å². The quantitative estimate of drug-likeness (QED) is 0.0283. The molecule has 8 aliphatic rings. The Morgan fingerprint density at radius 2 is 0.667 bits per heavy atom. The standard InChI is InChI=1S/2C26H33ClN2O6.C26H34N2O6.C23H30N2O6/c2*1-18-9-4-2-7-14-34-26(33)24-20(25(27)22(31)16-21(24)30)15-19(11-8-10-18)28-35-17-23(32)29-12-5-3-6-13-29;1-19-9-4-2-7-14-33-26(32)25-20(16-22(29)17-23(25)30)15-21(11-8-10-19)27-34-18-24(31)28-12-5-3-6-13-28;26-19-14-17-13-18(24-31-16-21(28)25-10-6-4-7-11-25)9-5-2-1-3-8-12-30-23(29)22(17)20(27)15-19/h2*4,8-9,11,16,18,30-31H,2-3,5-7,10,12-15,17H2,1H3;4,8-9,11,16-17,19,29-30H,2-3,5-7,10,12-15,18H2,1H3;3,8,14-15,26-27H,1-2,4-7,9-13,16H2/b9-4+,11-8+,28-19+;9-4+,11-8+,28-19-;9-4+,11-8+,27-21-;8-3+,24-18+. The highest BCUT2D eigenvalue weighted by Crippen LogP contribution is 2.40. The molecule has 0 bridgehead atoms.